The van der Waals surface area contributed by atoms with Gasteiger partial charge >= 0.3 is 0 Å². The highest BCUT2D eigenvalue weighted by atomic mass is 32.1. The number of hydrogen-bond donors (Lipinski definition) is 1. The van der Waals surface area contributed by atoms with Crippen LogP contribution in [-0.2, 0) is 0 Å². The van der Waals surface area contributed by atoms with E-state index in [9.17, 15) is 0 Å². The topological polar surface area (TPSA) is 55.1 Å². The second kappa shape index (κ2) is 5.20. The Balaban J connectivity index is 1.73. The first-order valence-corrected chi connectivity index (χ1v) is 8.13. The third-order valence-corrected chi connectivity index (χ3v) is 5.07. The first kappa shape index (κ1) is 12.9. The summed E-state index contributed by atoms with van der Waals surface area (Å²) < 4.78 is 1.90. The molecule has 1 fully saturated rings. The van der Waals surface area contributed by atoms with Crippen LogP contribution in [0.4, 0.5) is 0 Å². The second-order valence-electron chi connectivity index (χ2n) is 5.55. The number of nitrogens with one attached hydrogen (secondary N) is 1. The maximum absolute atomic E-state index is 4.78. The summed E-state index contributed by atoms with van der Waals surface area (Å²) in [5.74, 6) is 1.39. The van der Waals surface area contributed by atoms with Gasteiger partial charge in [0, 0.05) is 11.5 Å². The Bertz CT molecular complexity index is 752. The number of rotatable bonds is 2. The number of nitrogens with zero attached hydrogens (tertiary/aromatic N) is 4. The third-order valence-electron chi connectivity index (χ3n) is 4.00. The number of benzene rings is 1. The minimum Gasteiger partial charge on any atom is -0.317 e. The Labute approximate surface area is 127 Å². The molecule has 0 spiro atoms. The quantitative estimate of drug-likeness (QED) is 0.790. The van der Waals surface area contributed by atoms with Crippen molar-refractivity contribution in [2.45, 2.75) is 25.7 Å². The summed E-state index contributed by atoms with van der Waals surface area (Å²) in [4.78, 5) is 0.888. The van der Waals surface area contributed by atoms with E-state index in [4.69, 9.17) is 5.10 Å². The van der Waals surface area contributed by atoms with Crippen LogP contribution in [0.25, 0.3) is 16.3 Å². The largest absolute Gasteiger partial charge is 0.317 e. The van der Waals surface area contributed by atoms with Crippen molar-refractivity contribution in [1.29, 1.82) is 0 Å². The number of hydrogen-bond acceptors (Lipinski definition) is 5. The number of piperidine rings is 1. The van der Waals surface area contributed by atoms with Gasteiger partial charge in [-0.3, -0.25) is 0 Å². The van der Waals surface area contributed by atoms with Gasteiger partial charge in [0.2, 0.25) is 4.96 Å². The Morgan fingerprint density at radius 2 is 1.90 bits per heavy atom. The summed E-state index contributed by atoms with van der Waals surface area (Å²) >= 11 is 1.67. The van der Waals surface area contributed by atoms with Gasteiger partial charge in [0.25, 0.3) is 0 Å². The predicted molar refractivity (Wildman–Crippen MR) is 83.7 cm³/mol. The Hall–Kier alpha value is -1.79. The van der Waals surface area contributed by atoms with Crippen molar-refractivity contribution in [2.75, 3.05) is 13.1 Å². The van der Waals surface area contributed by atoms with Crippen molar-refractivity contribution >= 4 is 16.3 Å². The lowest BCUT2D eigenvalue weighted by Gasteiger charge is -2.19. The van der Waals surface area contributed by atoms with Gasteiger partial charge in [-0.25, -0.2) is 0 Å². The highest BCUT2D eigenvalue weighted by molar-refractivity contribution is 7.16. The molecule has 0 bridgehead atoms. The first-order chi connectivity index (χ1) is 10.3. The predicted octanol–water partition coefficient (Wildman–Crippen LogP) is 2.63. The molecule has 1 aliphatic heterocycles. The Morgan fingerprint density at radius 3 is 2.67 bits per heavy atom. The van der Waals surface area contributed by atoms with E-state index >= 15 is 0 Å². The lowest BCUT2D eigenvalue weighted by molar-refractivity contribution is 0.456. The van der Waals surface area contributed by atoms with Crippen molar-refractivity contribution in [3.8, 4) is 11.4 Å². The highest BCUT2D eigenvalue weighted by Crippen LogP contribution is 2.30. The molecule has 1 aromatic carbocycles. The zero-order valence-corrected chi connectivity index (χ0v) is 12.7. The normalized spacial score (nSPS) is 16.6. The van der Waals surface area contributed by atoms with Crippen molar-refractivity contribution in [2.24, 2.45) is 0 Å². The highest BCUT2D eigenvalue weighted by Gasteiger charge is 2.21. The van der Waals surface area contributed by atoms with Crippen molar-refractivity contribution < 1.29 is 0 Å². The van der Waals surface area contributed by atoms with E-state index in [-0.39, 0.29) is 0 Å². The Kier molecular flexibility index (Phi) is 3.20. The fourth-order valence-electron chi connectivity index (χ4n) is 2.75. The second-order valence-corrected chi connectivity index (χ2v) is 6.54. The molecule has 1 saturated heterocycles. The van der Waals surface area contributed by atoms with Gasteiger partial charge in [0.1, 0.15) is 5.01 Å². The Morgan fingerprint density at radius 1 is 1.14 bits per heavy atom. The summed E-state index contributed by atoms with van der Waals surface area (Å²) in [6.07, 6.45) is 2.31. The monoisotopic (exact) mass is 299 g/mol. The summed E-state index contributed by atoms with van der Waals surface area (Å²) in [5, 5.41) is 17.9. The van der Waals surface area contributed by atoms with Crippen molar-refractivity contribution in [3.63, 3.8) is 0 Å². The van der Waals surface area contributed by atoms with Gasteiger partial charge in [0.05, 0.1) is 0 Å². The van der Waals surface area contributed by atoms with Gasteiger partial charge in [-0.05, 0) is 32.9 Å². The van der Waals surface area contributed by atoms with Crippen LogP contribution < -0.4 is 5.32 Å². The SMILES string of the molecule is Cc1ccc(-c2nnc3sc(C4CCNCC4)nn23)cc1. The molecule has 3 aromatic rings. The van der Waals surface area contributed by atoms with Gasteiger partial charge < -0.3 is 5.32 Å². The molecule has 21 heavy (non-hydrogen) atoms. The average Bonchev–Trinajstić information content (AvgIpc) is 3.09. The first-order valence-electron chi connectivity index (χ1n) is 7.31. The lowest BCUT2D eigenvalue weighted by Crippen LogP contribution is -2.26. The van der Waals surface area contributed by atoms with Crippen molar-refractivity contribution in [1.82, 2.24) is 25.1 Å². The minimum atomic E-state index is 0.559. The smallest absolute Gasteiger partial charge is 0.234 e. The summed E-state index contributed by atoms with van der Waals surface area (Å²) in [5.41, 5.74) is 2.31. The average molecular weight is 299 g/mol. The molecule has 2 aromatic heterocycles. The van der Waals surface area contributed by atoms with Crippen LogP contribution in [0.5, 0.6) is 0 Å². The zero-order valence-electron chi connectivity index (χ0n) is 11.9. The maximum Gasteiger partial charge on any atom is 0.234 e. The van der Waals surface area contributed by atoms with Crippen LogP contribution in [0.15, 0.2) is 24.3 Å². The molecule has 0 amide bonds. The van der Waals surface area contributed by atoms with Crippen LogP contribution in [0.3, 0.4) is 0 Å². The fraction of sp³-hybridized carbons (Fsp3) is 0.400. The van der Waals surface area contributed by atoms with E-state index < -0.39 is 0 Å². The fourth-order valence-corrected chi connectivity index (χ4v) is 3.76. The molecule has 0 unspecified atom stereocenters. The van der Waals surface area contributed by atoms with Crippen molar-refractivity contribution in [3.05, 3.63) is 34.8 Å². The number of aryl methyl sites for hydroxylation is 1. The van der Waals surface area contributed by atoms with E-state index in [1.54, 1.807) is 11.3 Å². The van der Waals surface area contributed by atoms with Crippen LogP contribution in [-0.4, -0.2) is 32.9 Å². The summed E-state index contributed by atoms with van der Waals surface area (Å²) in [6.45, 7) is 4.24. The summed E-state index contributed by atoms with van der Waals surface area (Å²) in [6, 6.07) is 8.34. The van der Waals surface area contributed by atoms with Crippen LogP contribution in [0.2, 0.25) is 0 Å². The molecule has 1 aliphatic rings. The molecule has 3 heterocycles. The summed E-state index contributed by atoms with van der Waals surface area (Å²) in [7, 11) is 0. The van der Waals surface area contributed by atoms with E-state index in [0.29, 0.717) is 5.92 Å². The molecule has 6 heteroatoms. The lowest BCUT2D eigenvalue weighted by atomic mass is 9.99. The number of aromatic nitrogens is 4. The molecule has 0 aliphatic carbocycles. The molecule has 4 rings (SSSR count). The zero-order chi connectivity index (χ0) is 14.2. The van der Waals surface area contributed by atoms with Crippen LogP contribution in [0, 0.1) is 6.92 Å². The van der Waals surface area contributed by atoms with Crippen LogP contribution >= 0.6 is 11.3 Å². The van der Waals surface area contributed by atoms with Gasteiger partial charge in [0.15, 0.2) is 5.82 Å². The van der Waals surface area contributed by atoms with E-state index in [1.165, 1.54) is 10.6 Å². The molecule has 0 atom stereocenters. The molecule has 108 valence electrons. The number of fused-ring (bicyclic) bond motifs is 1. The molecule has 0 saturated carbocycles. The van der Waals surface area contributed by atoms with Gasteiger partial charge in [-0.2, -0.15) is 9.61 Å². The van der Waals surface area contributed by atoms with Crippen LogP contribution in [0.1, 0.15) is 29.3 Å². The molecular weight excluding hydrogens is 282 g/mol. The molecular formula is C15H17N5S. The van der Waals surface area contributed by atoms with E-state index in [2.05, 4.69) is 46.7 Å². The third kappa shape index (κ3) is 2.34. The molecule has 5 nitrogen and oxygen atoms in total. The standard InChI is InChI=1S/C15H17N5S/c1-10-2-4-11(5-3-10)13-17-18-15-20(13)19-14(21-15)12-6-8-16-9-7-12/h2-5,12,16H,6-9H2,1H3. The van der Waals surface area contributed by atoms with Gasteiger partial charge in [-0.1, -0.05) is 41.2 Å². The molecule has 0 radical (unpaired) electrons. The maximum atomic E-state index is 4.78. The minimum absolute atomic E-state index is 0.559. The van der Waals surface area contributed by atoms with Gasteiger partial charge in [-0.15, -0.1) is 10.2 Å². The molecule has 1 N–H and O–H groups in total. The van der Waals surface area contributed by atoms with E-state index in [0.717, 1.165) is 42.3 Å². The van der Waals surface area contributed by atoms with E-state index in [1.807, 2.05) is 4.52 Å².